The molecule has 0 aliphatic heterocycles. The van der Waals surface area contributed by atoms with E-state index in [4.69, 9.17) is 0 Å². The fourth-order valence-corrected chi connectivity index (χ4v) is 2.81. The van der Waals surface area contributed by atoms with Crippen LogP contribution >= 0.6 is 0 Å². The van der Waals surface area contributed by atoms with Crippen molar-refractivity contribution in [3.05, 3.63) is 101 Å². The molecule has 7 heteroatoms. The van der Waals surface area contributed by atoms with Crippen LogP contribution in [-0.2, 0) is 6.18 Å². The summed E-state index contributed by atoms with van der Waals surface area (Å²) in [6, 6.07) is 19.4. The highest BCUT2D eigenvalue weighted by Crippen LogP contribution is 2.30. The van der Waals surface area contributed by atoms with Crippen molar-refractivity contribution < 1.29 is 22.8 Å². The first-order valence-corrected chi connectivity index (χ1v) is 9.14. The molecule has 0 bridgehead atoms. The number of hydrogen-bond donors (Lipinski definition) is 2. The summed E-state index contributed by atoms with van der Waals surface area (Å²) < 4.78 is 39.1. The number of benzene rings is 3. The lowest BCUT2D eigenvalue weighted by Gasteiger charge is -2.21. The molecule has 0 radical (unpaired) electrons. The van der Waals surface area contributed by atoms with E-state index in [2.05, 4.69) is 10.6 Å². The molecule has 3 rings (SSSR count). The van der Waals surface area contributed by atoms with E-state index >= 15 is 0 Å². The van der Waals surface area contributed by atoms with E-state index in [9.17, 15) is 22.8 Å². The number of Topliss-reactive ketones (excluding diaryl/α,β-unsaturated/α-hetero) is 1. The van der Waals surface area contributed by atoms with Gasteiger partial charge in [0.1, 0.15) is 0 Å². The van der Waals surface area contributed by atoms with Gasteiger partial charge in [0.2, 0.25) is 5.78 Å². The summed E-state index contributed by atoms with van der Waals surface area (Å²) in [6.07, 6.45) is -5.79. The number of nitrogens with one attached hydrogen (secondary N) is 2. The average Bonchev–Trinajstić information content (AvgIpc) is 2.73. The lowest BCUT2D eigenvalue weighted by atomic mass is 10.1. The molecule has 0 aliphatic rings. The maximum atomic E-state index is 13.0. The molecule has 30 heavy (non-hydrogen) atoms. The molecule has 1 amide bonds. The highest BCUT2D eigenvalue weighted by Gasteiger charge is 2.31. The Balaban J connectivity index is 1.89. The molecule has 0 aliphatic carbocycles. The standard InChI is InChI=1S/C23H19F3N2O2/c1-15-10-12-17(13-11-15)22(30)28-21(20(29)16-6-3-2-4-7-16)27-19-9-5-8-18(14-19)23(24,25)26/h2-14,21,27H,1H3,(H,28,30)/t21-/m0/s1. The molecule has 0 aromatic heterocycles. The Bertz CT molecular complexity index is 1030. The molecule has 0 saturated heterocycles. The van der Waals surface area contributed by atoms with Crippen LogP contribution in [0.3, 0.4) is 0 Å². The molecule has 0 spiro atoms. The van der Waals surface area contributed by atoms with E-state index in [-0.39, 0.29) is 5.69 Å². The highest BCUT2D eigenvalue weighted by molar-refractivity contribution is 6.05. The molecule has 1 atom stereocenters. The van der Waals surface area contributed by atoms with Crippen molar-refractivity contribution in [2.45, 2.75) is 19.3 Å². The molecular formula is C23H19F3N2O2. The van der Waals surface area contributed by atoms with Crippen LogP contribution < -0.4 is 10.6 Å². The Morgan fingerprint density at radius 3 is 2.13 bits per heavy atom. The minimum absolute atomic E-state index is 0.0586. The summed E-state index contributed by atoms with van der Waals surface area (Å²) >= 11 is 0. The average molecular weight is 412 g/mol. The van der Waals surface area contributed by atoms with Gasteiger partial charge in [0, 0.05) is 16.8 Å². The Morgan fingerprint density at radius 2 is 1.50 bits per heavy atom. The summed E-state index contributed by atoms with van der Waals surface area (Å²) in [5.41, 5.74) is 0.806. The molecule has 4 nitrogen and oxygen atoms in total. The van der Waals surface area contributed by atoms with Gasteiger partial charge in [-0.05, 0) is 37.3 Å². The maximum Gasteiger partial charge on any atom is 0.416 e. The number of hydrogen-bond acceptors (Lipinski definition) is 3. The van der Waals surface area contributed by atoms with E-state index in [0.717, 1.165) is 17.7 Å². The van der Waals surface area contributed by atoms with Crippen LogP contribution in [0.4, 0.5) is 18.9 Å². The monoisotopic (exact) mass is 412 g/mol. The van der Waals surface area contributed by atoms with Crippen molar-refractivity contribution >= 4 is 17.4 Å². The number of anilines is 1. The topological polar surface area (TPSA) is 58.2 Å². The molecule has 0 heterocycles. The third-order valence-electron chi connectivity index (χ3n) is 4.41. The zero-order valence-electron chi connectivity index (χ0n) is 16.0. The van der Waals surface area contributed by atoms with Gasteiger partial charge in [-0.25, -0.2) is 0 Å². The first-order chi connectivity index (χ1) is 14.2. The lowest BCUT2D eigenvalue weighted by Crippen LogP contribution is -2.46. The molecular weight excluding hydrogens is 393 g/mol. The molecule has 0 saturated carbocycles. The highest BCUT2D eigenvalue weighted by atomic mass is 19.4. The summed E-state index contributed by atoms with van der Waals surface area (Å²) in [5, 5.41) is 5.30. The lowest BCUT2D eigenvalue weighted by molar-refractivity contribution is -0.137. The second kappa shape index (κ2) is 8.82. The zero-order valence-corrected chi connectivity index (χ0v) is 16.0. The molecule has 2 N–H and O–H groups in total. The van der Waals surface area contributed by atoms with Gasteiger partial charge in [-0.15, -0.1) is 0 Å². The summed E-state index contributed by atoms with van der Waals surface area (Å²) in [7, 11) is 0. The Hall–Kier alpha value is -3.61. The van der Waals surface area contributed by atoms with E-state index in [1.807, 2.05) is 6.92 Å². The van der Waals surface area contributed by atoms with Crippen molar-refractivity contribution in [1.82, 2.24) is 5.32 Å². The van der Waals surface area contributed by atoms with Crippen LogP contribution in [0.1, 0.15) is 31.8 Å². The zero-order chi connectivity index (χ0) is 21.7. The van der Waals surface area contributed by atoms with E-state index in [1.54, 1.807) is 54.6 Å². The van der Waals surface area contributed by atoms with Gasteiger partial charge >= 0.3 is 6.18 Å². The summed E-state index contributed by atoms with van der Waals surface area (Å²) in [4.78, 5) is 25.6. The van der Waals surface area contributed by atoms with Crippen molar-refractivity contribution in [2.75, 3.05) is 5.32 Å². The third kappa shape index (κ3) is 5.26. The number of carbonyl (C=O) groups is 2. The number of ketones is 1. The number of carbonyl (C=O) groups excluding carboxylic acids is 2. The van der Waals surface area contributed by atoms with Gasteiger partial charge in [0.05, 0.1) is 5.56 Å². The molecule has 0 fully saturated rings. The quantitative estimate of drug-likeness (QED) is 0.439. The van der Waals surface area contributed by atoms with Crippen molar-refractivity contribution in [2.24, 2.45) is 0 Å². The number of aryl methyl sites for hydroxylation is 1. The van der Waals surface area contributed by atoms with Crippen LogP contribution in [0, 0.1) is 6.92 Å². The van der Waals surface area contributed by atoms with Crippen molar-refractivity contribution in [3.8, 4) is 0 Å². The fraction of sp³-hybridized carbons (Fsp3) is 0.130. The van der Waals surface area contributed by atoms with Gasteiger partial charge in [-0.1, -0.05) is 54.1 Å². The van der Waals surface area contributed by atoms with Crippen LogP contribution in [0.5, 0.6) is 0 Å². The van der Waals surface area contributed by atoms with Crippen LogP contribution in [-0.4, -0.2) is 17.9 Å². The van der Waals surface area contributed by atoms with Gasteiger partial charge in [-0.3, -0.25) is 9.59 Å². The van der Waals surface area contributed by atoms with Crippen molar-refractivity contribution in [1.29, 1.82) is 0 Å². The number of amides is 1. The predicted molar refractivity (Wildman–Crippen MR) is 108 cm³/mol. The van der Waals surface area contributed by atoms with E-state index < -0.39 is 29.6 Å². The summed E-state index contributed by atoms with van der Waals surface area (Å²) in [5.74, 6) is -1.00. The molecule has 3 aromatic rings. The molecule has 154 valence electrons. The van der Waals surface area contributed by atoms with E-state index in [0.29, 0.717) is 11.1 Å². The van der Waals surface area contributed by atoms with E-state index in [1.165, 1.54) is 12.1 Å². The first-order valence-electron chi connectivity index (χ1n) is 9.14. The predicted octanol–water partition coefficient (Wildman–Crippen LogP) is 5.06. The minimum Gasteiger partial charge on any atom is -0.359 e. The molecule has 0 unspecified atom stereocenters. The van der Waals surface area contributed by atoms with Crippen molar-refractivity contribution in [3.63, 3.8) is 0 Å². The second-order valence-corrected chi connectivity index (χ2v) is 6.73. The largest absolute Gasteiger partial charge is 0.416 e. The van der Waals surface area contributed by atoms with Crippen LogP contribution in [0.15, 0.2) is 78.9 Å². The number of rotatable bonds is 6. The number of halogens is 3. The van der Waals surface area contributed by atoms with Crippen LogP contribution in [0.25, 0.3) is 0 Å². The van der Waals surface area contributed by atoms with Gasteiger partial charge in [0.25, 0.3) is 5.91 Å². The first kappa shape index (κ1) is 21.1. The smallest absolute Gasteiger partial charge is 0.359 e. The van der Waals surface area contributed by atoms with Gasteiger partial charge in [-0.2, -0.15) is 13.2 Å². The van der Waals surface area contributed by atoms with Gasteiger partial charge < -0.3 is 10.6 Å². The summed E-state index contributed by atoms with van der Waals surface area (Å²) in [6.45, 7) is 1.87. The Morgan fingerprint density at radius 1 is 0.833 bits per heavy atom. The Kier molecular flexibility index (Phi) is 6.20. The minimum atomic E-state index is -4.53. The normalized spacial score (nSPS) is 12.1. The van der Waals surface area contributed by atoms with Gasteiger partial charge in [0.15, 0.2) is 6.17 Å². The SMILES string of the molecule is Cc1ccc(C(=O)N[C@H](Nc2cccc(C(F)(F)F)c2)C(=O)c2ccccc2)cc1. The number of alkyl halides is 3. The second-order valence-electron chi connectivity index (χ2n) is 6.73. The maximum absolute atomic E-state index is 13.0. The Labute approximate surface area is 171 Å². The third-order valence-corrected chi connectivity index (χ3v) is 4.41. The molecule has 3 aromatic carbocycles. The van der Waals surface area contributed by atoms with Crippen LogP contribution in [0.2, 0.25) is 0 Å². The fourth-order valence-electron chi connectivity index (χ4n) is 2.81.